The summed E-state index contributed by atoms with van der Waals surface area (Å²) in [5, 5.41) is 0. The van der Waals surface area contributed by atoms with Crippen LogP contribution >= 0.6 is 0 Å². The molecule has 100 valence electrons. The fraction of sp³-hybridized carbons (Fsp3) is 0.294. The molecule has 0 radical (unpaired) electrons. The molecule has 2 rings (SSSR count). The molecule has 0 saturated carbocycles. The molecule has 0 aliphatic rings. The van der Waals surface area contributed by atoms with Crippen molar-refractivity contribution in [2.75, 3.05) is 24.2 Å². The maximum Gasteiger partial charge on any atom is 0.0366 e. The average molecular weight is 254 g/mol. The normalized spacial score (nSPS) is 10.4. The summed E-state index contributed by atoms with van der Waals surface area (Å²) in [7, 11) is 2.15. The smallest absolute Gasteiger partial charge is 0.0366 e. The number of hydrogen-bond donors (Lipinski definition) is 1. The van der Waals surface area contributed by atoms with E-state index in [1.807, 2.05) is 12.1 Å². The van der Waals surface area contributed by atoms with E-state index in [-0.39, 0.29) is 0 Å². The Balaban J connectivity index is 1.85. The molecule has 0 aliphatic carbocycles. The number of nitrogen functional groups attached to an aromatic ring is 1. The third-order valence-electron chi connectivity index (χ3n) is 3.35. The van der Waals surface area contributed by atoms with Crippen molar-refractivity contribution in [2.45, 2.75) is 19.8 Å². The Morgan fingerprint density at radius 3 is 2.58 bits per heavy atom. The lowest BCUT2D eigenvalue weighted by molar-refractivity contribution is 0.786. The summed E-state index contributed by atoms with van der Waals surface area (Å²) in [6, 6.07) is 16.8. The van der Waals surface area contributed by atoms with E-state index in [2.05, 4.69) is 55.3 Å². The van der Waals surface area contributed by atoms with Gasteiger partial charge in [0.2, 0.25) is 0 Å². The van der Waals surface area contributed by atoms with Crippen LogP contribution in [-0.4, -0.2) is 13.6 Å². The standard InChI is InChI=1S/C17H22N2/c1-14-6-3-10-17(12-14)19(2)11-5-8-15-7-4-9-16(18)13-15/h3-4,6-7,9-10,12-13H,5,8,11,18H2,1-2H3. The van der Waals surface area contributed by atoms with E-state index in [0.29, 0.717) is 0 Å². The monoisotopic (exact) mass is 254 g/mol. The van der Waals surface area contributed by atoms with E-state index < -0.39 is 0 Å². The number of rotatable bonds is 5. The number of nitrogens with two attached hydrogens (primary N) is 1. The summed E-state index contributed by atoms with van der Waals surface area (Å²) in [6.45, 7) is 3.18. The van der Waals surface area contributed by atoms with E-state index in [4.69, 9.17) is 5.73 Å². The fourth-order valence-electron chi connectivity index (χ4n) is 2.26. The highest BCUT2D eigenvalue weighted by Gasteiger charge is 2.01. The number of benzene rings is 2. The molecule has 2 N–H and O–H groups in total. The van der Waals surface area contributed by atoms with Gasteiger partial charge in [0.05, 0.1) is 0 Å². The highest BCUT2D eigenvalue weighted by atomic mass is 15.1. The summed E-state index contributed by atoms with van der Waals surface area (Å²) < 4.78 is 0. The third-order valence-corrected chi connectivity index (χ3v) is 3.35. The molecule has 2 aromatic rings. The minimum absolute atomic E-state index is 0.851. The minimum atomic E-state index is 0.851. The maximum absolute atomic E-state index is 5.79. The Morgan fingerprint density at radius 2 is 1.84 bits per heavy atom. The molecule has 0 amide bonds. The second-order valence-electron chi connectivity index (χ2n) is 5.11. The van der Waals surface area contributed by atoms with Crippen molar-refractivity contribution in [3.8, 4) is 0 Å². The Kier molecular flexibility index (Phi) is 4.45. The van der Waals surface area contributed by atoms with Gasteiger partial charge in [0.1, 0.15) is 0 Å². The summed E-state index contributed by atoms with van der Waals surface area (Å²) in [4.78, 5) is 2.30. The lowest BCUT2D eigenvalue weighted by Gasteiger charge is -2.19. The summed E-state index contributed by atoms with van der Waals surface area (Å²) in [5.74, 6) is 0. The van der Waals surface area contributed by atoms with Crippen LogP contribution in [0.4, 0.5) is 11.4 Å². The topological polar surface area (TPSA) is 29.3 Å². The van der Waals surface area contributed by atoms with Crippen LogP contribution in [0.1, 0.15) is 17.5 Å². The van der Waals surface area contributed by atoms with Gasteiger partial charge in [-0.15, -0.1) is 0 Å². The molecule has 0 atom stereocenters. The first-order valence-electron chi connectivity index (χ1n) is 6.77. The highest BCUT2D eigenvalue weighted by Crippen LogP contribution is 2.15. The zero-order chi connectivity index (χ0) is 13.7. The predicted octanol–water partition coefficient (Wildman–Crippen LogP) is 3.65. The maximum atomic E-state index is 5.79. The summed E-state index contributed by atoms with van der Waals surface area (Å²) in [6.07, 6.45) is 2.20. The van der Waals surface area contributed by atoms with Gasteiger partial charge >= 0.3 is 0 Å². The van der Waals surface area contributed by atoms with Gasteiger partial charge in [0, 0.05) is 25.0 Å². The molecule has 0 saturated heterocycles. The lowest BCUT2D eigenvalue weighted by Crippen LogP contribution is -2.19. The van der Waals surface area contributed by atoms with Gasteiger partial charge in [0.15, 0.2) is 0 Å². The largest absolute Gasteiger partial charge is 0.399 e. The fourth-order valence-corrected chi connectivity index (χ4v) is 2.26. The van der Waals surface area contributed by atoms with Crippen molar-refractivity contribution in [2.24, 2.45) is 0 Å². The molecule has 2 aromatic carbocycles. The molecule has 0 fully saturated rings. The molecular formula is C17H22N2. The number of hydrogen-bond acceptors (Lipinski definition) is 2. The SMILES string of the molecule is Cc1cccc(N(C)CCCc2cccc(N)c2)c1. The van der Waals surface area contributed by atoms with Gasteiger partial charge in [-0.3, -0.25) is 0 Å². The summed E-state index contributed by atoms with van der Waals surface area (Å²) >= 11 is 0. The molecule has 0 heterocycles. The lowest BCUT2D eigenvalue weighted by atomic mass is 10.1. The van der Waals surface area contributed by atoms with Gasteiger partial charge < -0.3 is 10.6 Å². The second-order valence-corrected chi connectivity index (χ2v) is 5.11. The van der Waals surface area contributed by atoms with Crippen LogP contribution in [0, 0.1) is 6.92 Å². The minimum Gasteiger partial charge on any atom is -0.399 e. The molecule has 2 heteroatoms. The van der Waals surface area contributed by atoms with Crippen LogP contribution in [0.2, 0.25) is 0 Å². The first kappa shape index (κ1) is 13.5. The van der Waals surface area contributed by atoms with Crippen molar-refractivity contribution < 1.29 is 0 Å². The Morgan fingerprint density at radius 1 is 1.05 bits per heavy atom. The van der Waals surface area contributed by atoms with Crippen molar-refractivity contribution in [3.63, 3.8) is 0 Å². The van der Waals surface area contributed by atoms with Crippen LogP contribution < -0.4 is 10.6 Å². The van der Waals surface area contributed by atoms with E-state index in [0.717, 1.165) is 25.1 Å². The first-order valence-corrected chi connectivity index (χ1v) is 6.77. The molecule has 19 heavy (non-hydrogen) atoms. The number of aryl methyl sites for hydroxylation is 2. The van der Waals surface area contributed by atoms with Crippen molar-refractivity contribution in [1.29, 1.82) is 0 Å². The number of anilines is 2. The summed E-state index contributed by atoms with van der Waals surface area (Å²) in [5.41, 5.74) is 10.5. The van der Waals surface area contributed by atoms with Crippen molar-refractivity contribution >= 4 is 11.4 Å². The van der Waals surface area contributed by atoms with Gasteiger partial charge in [0.25, 0.3) is 0 Å². The van der Waals surface area contributed by atoms with Crippen molar-refractivity contribution in [3.05, 3.63) is 59.7 Å². The predicted molar refractivity (Wildman–Crippen MR) is 83.6 cm³/mol. The van der Waals surface area contributed by atoms with Crippen LogP contribution in [0.5, 0.6) is 0 Å². The zero-order valence-corrected chi connectivity index (χ0v) is 11.8. The molecule has 0 aromatic heterocycles. The van der Waals surface area contributed by atoms with E-state index >= 15 is 0 Å². The number of nitrogens with zero attached hydrogens (tertiary/aromatic N) is 1. The van der Waals surface area contributed by atoms with E-state index in [1.54, 1.807) is 0 Å². The van der Waals surface area contributed by atoms with Crippen LogP contribution in [-0.2, 0) is 6.42 Å². The van der Waals surface area contributed by atoms with Crippen LogP contribution in [0.15, 0.2) is 48.5 Å². The Hall–Kier alpha value is -1.96. The Bertz CT molecular complexity index is 534. The second kappa shape index (κ2) is 6.28. The zero-order valence-electron chi connectivity index (χ0n) is 11.8. The van der Waals surface area contributed by atoms with Crippen LogP contribution in [0.3, 0.4) is 0 Å². The van der Waals surface area contributed by atoms with Gasteiger partial charge in [-0.1, -0.05) is 24.3 Å². The quantitative estimate of drug-likeness (QED) is 0.825. The van der Waals surface area contributed by atoms with Gasteiger partial charge in [-0.05, 0) is 55.2 Å². The van der Waals surface area contributed by atoms with E-state index in [1.165, 1.54) is 16.8 Å². The molecule has 2 nitrogen and oxygen atoms in total. The average Bonchev–Trinajstić information content (AvgIpc) is 2.38. The third kappa shape index (κ3) is 4.02. The molecular weight excluding hydrogens is 232 g/mol. The van der Waals surface area contributed by atoms with Crippen molar-refractivity contribution in [1.82, 2.24) is 0 Å². The van der Waals surface area contributed by atoms with Crippen LogP contribution in [0.25, 0.3) is 0 Å². The highest BCUT2D eigenvalue weighted by molar-refractivity contribution is 5.47. The Labute approximate surface area is 115 Å². The first-order chi connectivity index (χ1) is 9.15. The molecule has 0 spiro atoms. The molecule has 0 unspecified atom stereocenters. The van der Waals surface area contributed by atoms with Gasteiger partial charge in [-0.2, -0.15) is 0 Å². The molecule has 0 aliphatic heterocycles. The van der Waals surface area contributed by atoms with E-state index in [9.17, 15) is 0 Å². The molecule has 0 bridgehead atoms. The van der Waals surface area contributed by atoms with Gasteiger partial charge in [-0.25, -0.2) is 0 Å².